The summed E-state index contributed by atoms with van der Waals surface area (Å²) in [6.45, 7) is 0. The van der Waals surface area contributed by atoms with E-state index in [9.17, 15) is 0 Å². The van der Waals surface area contributed by atoms with Gasteiger partial charge in [-0.25, -0.2) is 15.0 Å². The lowest BCUT2D eigenvalue weighted by Gasteiger charge is -2.12. The van der Waals surface area contributed by atoms with Gasteiger partial charge in [-0.15, -0.1) is 0 Å². The number of benzene rings is 8. The zero-order chi connectivity index (χ0) is 37.7. The van der Waals surface area contributed by atoms with Crippen LogP contribution in [0.25, 0.3) is 111 Å². The lowest BCUT2D eigenvalue weighted by atomic mass is 9.96. The van der Waals surface area contributed by atoms with E-state index >= 15 is 0 Å². The van der Waals surface area contributed by atoms with Gasteiger partial charge in [0.05, 0.1) is 28.0 Å². The summed E-state index contributed by atoms with van der Waals surface area (Å²) >= 11 is 0. The number of pyridine rings is 1. The van der Waals surface area contributed by atoms with E-state index in [1.165, 1.54) is 10.9 Å². The first-order valence-corrected chi connectivity index (χ1v) is 19.2. The molecule has 0 atom stereocenters. The third-order valence-electron chi connectivity index (χ3n) is 10.9. The first kappa shape index (κ1) is 32.7. The van der Waals surface area contributed by atoms with E-state index in [1.54, 1.807) is 0 Å². The molecule has 3 aromatic heterocycles. The molecule has 0 saturated heterocycles. The third-order valence-corrected chi connectivity index (χ3v) is 10.9. The molecule has 266 valence electrons. The van der Waals surface area contributed by atoms with Crippen molar-refractivity contribution >= 4 is 43.6 Å². The summed E-state index contributed by atoms with van der Waals surface area (Å²) in [4.78, 5) is 15.6. The Bertz CT molecular complexity index is 3260. The van der Waals surface area contributed by atoms with Gasteiger partial charge in [-0.05, 0) is 57.3 Å². The van der Waals surface area contributed by atoms with Crippen LogP contribution in [0.2, 0.25) is 0 Å². The van der Waals surface area contributed by atoms with Gasteiger partial charge in [-0.1, -0.05) is 176 Å². The number of para-hydroxylation sites is 1. The molecule has 3 heterocycles. The highest BCUT2D eigenvalue weighted by molar-refractivity contribution is 6.21. The SMILES string of the molecule is c1ccc(-c2ccc(-c3nc(-c4ccccc4)cc(-c4ccc(-c5ccc6c(c5)nc(-c5cccc7ccccc57)c5c7ccccc7oc65)cc4)n3)cc2)cc1. The van der Waals surface area contributed by atoms with Crippen molar-refractivity contribution in [2.45, 2.75) is 0 Å². The minimum atomic E-state index is 0.689. The maximum absolute atomic E-state index is 6.61. The molecule has 0 unspecified atom stereocenters. The fraction of sp³-hybridized carbons (Fsp3) is 0. The molecule has 8 aromatic carbocycles. The molecule has 11 rings (SSSR count). The molecule has 0 N–H and O–H groups in total. The van der Waals surface area contributed by atoms with Crippen molar-refractivity contribution in [2.24, 2.45) is 0 Å². The Hall–Kier alpha value is -7.69. The van der Waals surface area contributed by atoms with Crippen molar-refractivity contribution in [1.82, 2.24) is 15.0 Å². The third kappa shape index (κ3) is 5.83. The highest BCUT2D eigenvalue weighted by Gasteiger charge is 2.20. The minimum absolute atomic E-state index is 0.689. The van der Waals surface area contributed by atoms with E-state index in [0.29, 0.717) is 5.82 Å². The van der Waals surface area contributed by atoms with Crippen LogP contribution < -0.4 is 0 Å². The summed E-state index contributed by atoms with van der Waals surface area (Å²) in [7, 11) is 0. The standard InChI is InChI=1S/C53H33N3O/c1-3-12-34(13-4-1)35-24-28-40(29-25-35)53-55-46(38-15-5-2-6-16-38)33-47(56-53)39-26-22-36(23-27-39)41-30-31-44-48(32-41)54-51(43-20-11-17-37-14-7-8-18-42(37)43)50-45-19-9-10-21-49(45)57-52(44)50/h1-33H. The van der Waals surface area contributed by atoms with E-state index in [4.69, 9.17) is 19.4 Å². The molecule has 57 heavy (non-hydrogen) atoms. The fourth-order valence-corrected chi connectivity index (χ4v) is 8.03. The van der Waals surface area contributed by atoms with Gasteiger partial charge in [0.1, 0.15) is 11.2 Å². The van der Waals surface area contributed by atoms with Crippen LogP contribution in [0.15, 0.2) is 205 Å². The molecule has 0 radical (unpaired) electrons. The highest BCUT2D eigenvalue weighted by Crippen LogP contribution is 2.42. The van der Waals surface area contributed by atoms with Crippen LogP contribution in [0, 0.1) is 0 Å². The van der Waals surface area contributed by atoms with Crippen molar-refractivity contribution in [3.8, 4) is 67.4 Å². The number of nitrogens with zero attached hydrogens (tertiary/aromatic N) is 3. The predicted octanol–water partition coefficient (Wildman–Crippen LogP) is 14.1. The van der Waals surface area contributed by atoms with Crippen LogP contribution >= 0.6 is 0 Å². The number of furan rings is 1. The van der Waals surface area contributed by atoms with Gasteiger partial charge in [0.2, 0.25) is 0 Å². The van der Waals surface area contributed by atoms with Crippen LogP contribution in [-0.4, -0.2) is 15.0 Å². The van der Waals surface area contributed by atoms with Gasteiger partial charge in [-0.3, -0.25) is 0 Å². The van der Waals surface area contributed by atoms with Crippen molar-refractivity contribution in [3.05, 3.63) is 200 Å². The Morgan fingerprint density at radius 1 is 0.351 bits per heavy atom. The van der Waals surface area contributed by atoms with E-state index in [1.807, 2.05) is 36.4 Å². The summed E-state index contributed by atoms with van der Waals surface area (Å²) in [5.41, 5.74) is 13.9. The maximum Gasteiger partial charge on any atom is 0.160 e. The number of rotatable bonds is 6. The Labute approximate surface area is 329 Å². The Morgan fingerprint density at radius 2 is 0.895 bits per heavy atom. The molecule has 0 aliphatic carbocycles. The lowest BCUT2D eigenvalue weighted by Crippen LogP contribution is -1.96. The van der Waals surface area contributed by atoms with Crippen molar-refractivity contribution < 1.29 is 4.42 Å². The monoisotopic (exact) mass is 727 g/mol. The average molecular weight is 728 g/mol. The zero-order valence-corrected chi connectivity index (χ0v) is 30.8. The van der Waals surface area contributed by atoms with Gasteiger partial charge in [0.15, 0.2) is 5.82 Å². The Balaban J connectivity index is 1.00. The normalized spacial score (nSPS) is 11.5. The second-order valence-corrected chi connectivity index (χ2v) is 14.4. The molecule has 0 amide bonds. The molecular formula is C53H33N3O. The van der Waals surface area contributed by atoms with E-state index < -0.39 is 0 Å². The van der Waals surface area contributed by atoms with E-state index in [-0.39, 0.29) is 0 Å². The Kier molecular flexibility index (Phi) is 7.78. The number of hydrogen-bond acceptors (Lipinski definition) is 4. The van der Waals surface area contributed by atoms with Crippen molar-refractivity contribution in [3.63, 3.8) is 0 Å². The maximum atomic E-state index is 6.61. The number of aromatic nitrogens is 3. The van der Waals surface area contributed by atoms with Gasteiger partial charge in [0.25, 0.3) is 0 Å². The average Bonchev–Trinajstić information content (AvgIpc) is 3.69. The minimum Gasteiger partial charge on any atom is -0.455 e. The van der Waals surface area contributed by atoms with Gasteiger partial charge in [0, 0.05) is 33.0 Å². The second kappa shape index (κ2) is 13.6. The second-order valence-electron chi connectivity index (χ2n) is 14.4. The summed E-state index contributed by atoms with van der Waals surface area (Å²) in [5.74, 6) is 0.689. The fourth-order valence-electron chi connectivity index (χ4n) is 8.03. The molecule has 0 bridgehead atoms. The van der Waals surface area contributed by atoms with E-state index in [0.717, 1.165) is 94.3 Å². The summed E-state index contributed by atoms with van der Waals surface area (Å²) in [6.07, 6.45) is 0. The van der Waals surface area contributed by atoms with Crippen LogP contribution in [-0.2, 0) is 0 Å². The lowest BCUT2D eigenvalue weighted by molar-refractivity contribution is 0.672. The number of hydrogen-bond donors (Lipinski definition) is 0. The molecule has 0 aliphatic rings. The quantitative estimate of drug-likeness (QED) is 0.171. The van der Waals surface area contributed by atoms with Crippen LogP contribution in [0.4, 0.5) is 0 Å². The van der Waals surface area contributed by atoms with Gasteiger partial charge >= 0.3 is 0 Å². The molecule has 0 aliphatic heterocycles. The van der Waals surface area contributed by atoms with Crippen molar-refractivity contribution in [2.75, 3.05) is 0 Å². The molecule has 4 heteroatoms. The predicted molar refractivity (Wildman–Crippen MR) is 235 cm³/mol. The Morgan fingerprint density at radius 3 is 1.65 bits per heavy atom. The molecule has 4 nitrogen and oxygen atoms in total. The smallest absolute Gasteiger partial charge is 0.160 e. The van der Waals surface area contributed by atoms with Gasteiger partial charge < -0.3 is 4.42 Å². The number of fused-ring (bicyclic) bond motifs is 6. The summed E-state index contributed by atoms with van der Waals surface area (Å²) < 4.78 is 6.61. The largest absolute Gasteiger partial charge is 0.455 e. The van der Waals surface area contributed by atoms with Gasteiger partial charge in [-0.2, -0.15) is 0 Å². The molecule has 0 fully saturated rings. The van der Waals surface area contributed by atoms with E-state index in [2.05, 4.69) is 164 Å². The topological polar surface area (TPSA) is 51.8 Å². The zero-order valence-electron chi connectivity index (χ0n) is 30.8. The molecule has 11 aromatic rings. The summed E-state index contributed by atoms with van der Waals surface area (Å²) in [6, 6.07) is 69.6. The molecule has 0 saturated carbocycles. The van der Waals surface area contributed by atoms with Crippen molar-refractivity contribution in [1.29, 1.82) is 0 Å². The van der Waals surface area contributed by atoms with Crippen LogP contribution in [0.5, 0.6) is 0 Å². The van der Waals surface area contributed by atoms with Crippen LogP contribution in [0.3, 0.4) is 0 Å². The molecular weight excluding hydrogens is 695 g/mol. The van der Waals surface area contributed by atoms with Crippen LogP contribution in [0.1, 0.15) is 0 Å². The first-order chi connectivity index (χ1) is 28.2. The first-order valence-electron chi connectivity index (χ1n) is 19.2. The summed E-state index contributed by atoms with van der Waals surface area (Å²) in [5, 5.41) is 5.44. The highest BCUT2D eigenvalue weighted by atomic mass is 16.3. The molecule has 0 spiro atoms.